The zero-order chi connectivity index (χ0) is 12.0. The summed E-state index contributed by atoms with van der Waals surface area (Å²) in [4.78, 5) is 11.6. The summed E-state index contributed by atoms with van der Waals surface area (Å²) in [5, 5.41) is 11.6. The molecule has 3 nitrogen and oxygen atoms in total. The fourth-order valence-corrected chi connectivity index (χ4v) is 1.20. The summed E-state index contributed by atoms with van der Waals surface area (Å²) in [5.41, 5.74) is 0.970. The maximum Gasteiger partial charge on any atom is 0.262 e. The fraction of sp³-hybridized carbons (Fsp3) is 0.231. The van der Waals surface area contributed by atoms with Gasteiger partial charge in [-0.25, -0.2) is 0 Å². The number of carbonyl (C=O) groups is 1. The monoisotopic (exact) mass is 214 g/mol. The van der Waals surface area contributed by atoms with E-state index in [2.05, 4.69) is 5.32 Å². The van der Waals surface area contributed by atoms with Gasteiger partial charge in [0.2, 0.25) is 0 Å². The largest absolute Gasteiger partial charge is 0.349 e. The molecular weight excluding hydrogens is 200 g/mol. The summed E-state index contributed by atoms with van der Waals surface area (Å²) >= 11 is 0. The van der Waals surface area contributed by atoms with Gasteiger partial charge in [0, 0.05) is 6.04 Å². The van der Waals surface area contributed by atoms with Gasteiger partial charge in [0.15, 0.2) is 0 Å². The van der Waals surface area contributed by atoms with Crippen LogP contribution in [0.1, 0.15) is 19.4 Å². The molecule has 3 heteroatoms. The van der Waals surface area contributed by atoms with E-state index in [0.717, 1.165) is 5.56 Å². The molecule has 0 bridgehead atoms. The van der Waals surface area contributed by atoms with Gasteiger partial charge in [-0.3, -0.25) is 4.79 Å². The van der Waals surface area contributed by atoms with E-state index in [0.29, 0.717) is 0 Å². The van der Waals surface area contributed by atoms with Crippen LogP contribution in [0.25, 0.3) is 6.08 Å². The zero-order valence-corrected chi connectivity index (χ0v) is 9.40. The van der Waals surface area contributed by atoms with Crippen molar-refractivity contribution < 1.29 is 4.79 Å². The van der Waals surface area contributed by atoms with E-state index in [4.69, 9.17) is 5.26 Å². The minimum Gasteiger partial charge on any atom is -0.349 e. The van der Waals surface area contributed by atoms with Crippen molar-refractivity contribution in [2.45, 2.75) is 19.9 Å². The van der Waals surface area contributed by atoms with E-state index in [9.17, 15) is 4.79 Å². The van der Waals surface area contributed by atoms with Crippen molar-refractivity contribution in [2.24, 2.45) is 0 Å². The first-order valence-electron chi connectivity index (χ1n) is 5.11. The number of rotatable bonds is 3. The van der Waals surface area contributed by atoms with E-state index < -0.39 is 0 Å². The average Bonchev–Trinajstić information content (AvgIpc) is 2.26. The van der Waals surface area contributed by atoms with Gasteiger partial charge in [0.05, 0.1) is 0 Å². The highest BCUT2D eigenvalue weighted by molar-refractivity contribution is 6.01. The van der Waals surface area contributed by atoms with Crippen molar-refractivity contribution in [1.29, 1.82) is 5.26 Å². The molecule has 0 saturated heterocycles. The molecule has 0 aliphatic heterocycles. The summed E-state index contributed by atoms with van der Waals surface area (Å²) in [6, 6.07) is 11.2. The second-order valence-corrected chi connectivity index (χ2v) is 3.71. The Bertz CT molecular complexity index is 427. The molecule has 0 aliphatic rings. The number of carbonyl (C=O) groups excluding carboxylic acids is 1. The van der Waals surface area contributed by atoms with Crippen LogP contribution < -0.4 is 5.32 Å². The minimum absolute atomic E-state index is 0.0278. The minimum atomic E-state index is -0.332. The standard InChI is InChI=1S/C13H14N2O/c1-10(2)15-13(16)12(9-14)8-11-6-4-3-5-7-11/h3-8,10H,1-2H3,(H,15,16). The summed E-state index contributed by atoms with van der Waals surface area (Å²) in [5.74, 6) is -0.332. The molecule has 1 aromatic carbocycles. The van der Waals surface area contributed by atoms with Gasteiger partial charge >= 0.3 is 0 Å². The third-order valence-electron chi connectivity index (χ3n) is 1.90. The second-order valence-electron chi connectivity index (χ2n) is 3.71. The first-order valence-corrected chi connectivity index (χ1v) is 5.11. The Morgan fingerprint density at radius 1 is 1.38 bits per heavy atom. The summed E-state index contributed by atoms with van der Waals surface area (Å²) in [7, 11) is 0. The first-order chi connectivity index (χ1) is 7.63. The van der Waals surface area contributed by atoms with Gasteiger partial charge < -0.3 is 5.32 Å². The molecule has 0 unspecified atom stereocenters. The van der Waals surface area contributed by atoms with Crippen LogP contribution in [0.4, 0.5) is 0 Å². The predicted molar refractivity (Wildman–Crippen MR) is 63.3 cm³/mol. The molecule has 1 rings (SSSR count). The average molecular weight is 214 g/mol. The molecule has 1 N–H and O–H groups in total. The molecule has 0 atom stereocenters. The van der Waals surface area contributed by atoms with E-state index in [1.54, 1.807) is 6.08 Å². The van der Waals surface area contributed by atoms with Crippen LogP contribution in [0.15, 0.2) is 35.9 Å². The van der Waals surface area contributed by atoms with E-state index >= 15 is 0 Å². The Morgan fingerprint density at radius 3 is 2.50 bits per heavy atom. The summed E-state index contributed by atoms with van der Waals surface area (Å²) in [6.07, 6.45) is 1.58. The van der Waals surface area contributed by atoms with Crippen LogP contribution >= 0.6 is 0 Å². The molecule has 0 saturated carbocycles. The van der Waals surface area contributed by atoms with Crippen LogP contribution in [0.5, 0.6) is 0 Å². The number of hydrogen-bond acceptors (Lipinski definition) is 2. The Morgan fingerprint density at radius 2 is 2.00 bits per heavy atom. The highest BCUT2D eigenvalue weighted by Crippen LogP contribution is 2.06. The molecule has 1 aromatic rings. The predicted octanol–water partition coefficient (Wildman–Crippen LogP) is 2.12. The van der Waals surface area contributed by atoms with Gasteiger partial charge in [0.25, 0.3) is 5.91 Å². The van der Waals surface area contributed by atoms with Gasteiger partial charge in [-0.05, 0) is 25.5 Å². The van der Waals surface area contributed by atoms with Crippen molar-refractivity contribution >= 4 is 12.0 Å². The molecule has 0 aromatic heterocycles. The lowest BCUT2D eigenvalue weighted by molar-refractivity contribution is -0.117. The number of benzene rings is 1. The van der Waals surface area contributed by atoms with Gasteiger partial charge in [-0.15, -0.1) is 0 Å². The van der Waals surface area contributed by atoms with Crippen LogP contribution in [0, 0.1) is 11.3 Å². The maximum atomic E-state index is 11.6. The Balaban J connectivity index is 2.88. The summed E-state index contributed by atoms with van der Waals surface area (Å²) < 4.78 is 0. The number of nitriles is 1. The summed E-state index contributed by atoms with van der Waals surface area (Å²) in [6.45, 7) is 3.71. The van der Waals surface area contributed by atoms with Crippen LogP contribution in [0.3, 0.4) is 0 Å². The molecule has 82 valence electrons. The van der Waals surface area contributed by atoms with Gasteiger partial charge in [0.1, 0.15) is 11.6 Å². The number of amides is 1. The topological polar surface area (TPSA) is 52.9 Å². The molecule has 0 spiro atoms. The molecule has 0 heterocycles. The number of nitrogens with zero attached hydrogens (tertiary/aromatic N) is 1. The Hall–Kier alpha value is -2.08. The lowest BCUT2D eigenvalue weighted by Crippen LogP contribution is -2.30. The van der Waals surface area contributed by atoms with E-state index in [1.807, 2.05) is 50.2 Å². The smallest absolute Gasteiger partial charge is 0.262 e. The number of nitrogens with one attached hydrogen (secondary N) is 1. The zero-order valence-electron chi connectivity index (χ0n) is 9.40. The third kappa shape index (κ3) is 3.58. The Kier molecular flexibility index (Phi) is 4.28. The lowest BCUT2D eigenvalue weighted by Gasteiger charge is -2.06. The second kappa shape index (κ2) is 5.72. The molecule has 16 heavy (non-hydrogen) atoms. The van der Waals surface area contributed by atoms with Crippen LogP contribution in [0.2, 0.25) is 0 Å². The van der Waals surface area contributed by atoms with Crippen molar-refractivity contribution in [3.05, 3.63) is 41.5 Å². The molecule has 1 amide bonds. The van der Waals surface area contributed by atoms with E-state index in [-0.39, 0.29) is 17.5 Å². The maximum absolute atomic E-state index is 11.6. The highest BCUT2D eigenvalue weighted by atomic mass is 16.1. The SMILES string of the molecule is CC(C)NC(=O)C(C#N)=Cc1ccccc1. The van der Waals surface area contributed by atoms with Crippen molar-refractivity contribution in [1.82, 2.24) is 5.32 Å². The number of hydrogen-bond donors (Lipinski definition) is 1. The molecule has 0 aliphatic carbocycles. The van der Waals surface area contributed by atoms with Crippen molar-refractivity contribution in [3.8, 4) is 6.07 Å². The van der Waals surface area contributed by atoms with Crippen LogP contribution in [-0.2, 0) is 4.79 Å². The fourth-order valence-electron chi connectivity index (χ4n) is 1.20. The quantitative estimate of drug-likeness (QED) is 0.619. The molecule has 0 radical (unpaired) electrons. The molecular formula is C13H14N2O. The van der Waals surface area contributed by atoms with Crippen LogP contribution in [-0.4, -0.2) is 11.9 Å². The normalized spacial score (nSPS) is 11.0. The van der Waals surface area contributed by atoms with E-state index in [1.165, 1.54) is 0 Å². The van der Waals surface area contributed by atoms with Gasteiger partial charge in [-0.2, -0.15) is 5.26 Å². The van der Waals surface area contributed by atoms with Crippen molar-refractivity contribution in [2.75, 3.05) is 0 Å². The third-order valence-corrected chi connectivity index (χ3v) is 1.90. The highest BCUT2D eigenvalue weighted by Gasteiger charge is 2.09. The van der Waals surface area contributed by atoms with Crippen molar-refractivity contribution in [3.63, 3.8) is 0 Å². The van der Waals surface area contributed by atoms with Gasteiger partial charge in [-0.1, -0.05) is 30.3 Å². The Labute approximate surface area is 95.4 Å². The molecule has 0 fully saturated rings. The lowest BCUT2D eigenvalue weighted by atomic mass is 10.1. The first kappa shape index (κ1) is 12.0.